The Morgan fingerprint density at radius 3 is 2.29 bits per heavy atom. The molecular weight excluding hydrogens is 650 g/mol. The molecule has 0 spiro atoms. The van der Waals surface area contributed by atoms with Gasteiger partial charge in [-0.3, -0.25) is 9.69 Å². The first-order valence-electron chi connectivity index (χ1n) is 16.3. The number of halogens is 1. The van der Waals surface area contributed by atoms with Crippen molar-refractivity contribution in [3.8, 4) is 22.6 Å². The molecule has 3 aromatic rings. The van der Waals surface area contributed by atoms with Crippen LogP contribution in [0.5, 0.6) is 11.5 Å². The third kappa shape index (κ3) is 10.3. The number of carboxylic acid groups (broad SMARTS) is 1. The van der Waals surface area contributed by atoms with Gasteiger partial charge in [0.25, 0.3) is 5.91 Å². The molecule has 3 aromatic carbocycles. The van der Waals surface area contributed by atoms with E-state index in [4.69, 9.17) is 25.8 Å². The maximum Gasteiger partial charge on any atom is 0.412 e. The van der Waals surface area contributed by atoms with E-state index in [1.165, 1.54) is 24.1 Å². The lowest BCUT2D eigenvalue weighted by Gasteiger charge is -2.36. The second kappa shape index (κ2) is 16.8. The summed E-state index contributed by atoms with van der Waals surface area (Å²) >= 11 is 6.28. The molecule has 0 radical (unpaired) electrons. The molecule has 1 fully saturated rings. The first-order chi connectivity index (χ1) is 23.3. The van der Waals surface area contributed by atoms with Gasteiger partial charge in [-0.1, -0.05) is 54.1 Å². The highest BCUT2D eigenvalue weighted by atomic mass is 35.5. The van der Waals surface area contributed by atoms with Gasteiger partial charge in [-0.15, -0.1) is 0 Å². The van der Waals surface area contributed by atoms with Crippen LogP contribution in [0, 0.1) is 0 Å². The molecule has 1 aliphatic carbocycles. The number of nitrogens with one attached hydrogen (secondary N) is 1. The lowest BCUT2D eigenvalue weighted by molar-refractivity contribution is -0.132. The zero-order chi connectivity index (χ0) is 35.7. The Morgan fingerprint density at radius 2 is 1.67 bits per heavy atom. The molecule has 0 aliphatic heterocycles. The summed E-state index contributed by atoms with van der Waals surface area (Å²) in [7, 11) is 3.14. The number of likely N-dealkylation sites (N-methyl/N-ethyl adjacent to an activating group) is 1. The topological polar surface area (TPSA) is 138 Å². The number of hydrogen-bond donors (Lipinski definition) is 3. The van der Waals surface area contributed by atoms with Crippen LogP contribution in [0.4, 0.5) is 15.3 Å². The fourth-order valence-corrected chi connectivity index (χ4v) is 6.11. The molecule has 11 nitrogen and oxygen atoms in total. The van der Waals surface area contributed by atoms with E-state index < -0.39 is 17.8 Å². The summed E-state index contributed by atoms with van der Waals surface area (Å²) in [4.78, 5) is 41.2. The van der Waals surface area contributed by atoms with E-state index in [9.17, 15) is 24.6 Å². The lowest BCUT2D eigenvalue weighted by atomic mass is 9.89. The first kappa shape index (κ1) is 37.3. The molecule has 0 atom stereocenters. The number of hydrogen-bond acceptors (Lipinski definition) is 7. The normalized spacial score (nSPS) is 16.0. The number of carbonyl (C=O) groups excluding carboxylic acids is 2. The first-order valence-corrected chi connectivity index (χ1v) is 16.7. The highest BCUT2D eigenvalue weighted by Gasteiger charge is 2.33. The van der Waals surface area contributed by atoms with Crippen LogP contribution in [0.25, 0.3) is 11.1 Å². The van der Waals surface area contributed by atoms with Crippen LogP contribution < -0.4 is 19.7 Å². The maximum atomic E-state index is 13.0. The average molecular weight is 696 g/mol. The summed E-state index contributed by atoms with van der Waals surface area (Å²) in [6, 6.07) is 18.1. The predicted molar refractivity (Wildman–Crippen MR) is 189 cm³/mol. The molecule has 0 bridgehead atoms. The van der Waals surface area contributed by atoms with Crippen LogP contribution in [0.1, 0.15) is 57.6 Å². The van der Waals surface area contributed by atoms with Gasteiger partial charge in [0, 0.05) is 42.9 Å². The minimum Gasteiger partial charge on any atom is -0.496 e. The maximum absolute atomic E-state index is 13.0. The van der Waals surface area contributed by atoms with Crippen molar-refractivity contribution in [2.75, 3.05) is 32.2 Å². The van der Waals surface area contributed by atoms with Crippen molar-refractivity contribution in [1.29, 1.82) is 0 Å². The molecule has 49 heavy (non-hydrogen) atoms. The third-order valence-electron chi connectivity index (χ3n) is 8.41. The van der Waals surface area contributed by atoms with Crippen molar-refractivity contribution in [2.45, 2.75) is 77.2 Å². The van der Waals surface area contributed by atoms with Crippen molar-refractivity contribution in [2.24, 2.45) is 0 Å². The number of aliphatic hydroxyl groups is 1. The van der Waals surface area contributed by atoms with Gasteiger partial charge in [0.15, 0.2) is 6.61 Å². The number of aliphatic hydroxyl groups excluding tert-OH is 1. The van der Waals surface area contributed by atoms with Crippen LogP contribution >= 0.6 is 11.6 Å². The van der Waals surface area contributed by atoms with Gasteiger partial charge < -0.3 is 34.6 Å². The fourth-order valence-electron chi connectivity index (χ4n) is 5.87. The Balaban J connectivity index is 1.47. The predicted octanol–water partition coefficient (Wildman–Crippen LogP) is 6.91. The SMILES string of the molecule is COc1cc(OCC(=O)N(C)CCc2ccc(-c3ccccc3)c(N(C(=O)O)C3CCC(NC(=O)OC(C)(C)C)CC3)c2)c(Cl)cc1CO. The average Bonchev–Trinajstić information content (AvgIpc) is 3.06. The van der Waals surface area contributed by atoms with E-state index in [-0.39, 0.29) is 42.0 Å². The van der Waals surface area contributed by atoms with E-state index in [0.717, 1.165) is 16.7 Å². The van der Waals surface area contributed by atoms with E-state index in [0.29, 0.717) is 55.6 Å². The van der Waals surface area contributed by atoms with E-state index in [1.54, 1.807) is 11.9 Å². The summed E-state index contributed by atoms with van der Waals surface area (Å²) in [5.74, 6) is 0.395. The summed E-state index contributed by atoms with van der Waals surface area (Å²) in [6.07, 6.45) is 1.33. The number of alkyl carbamates (subject to hydrolysis) is 1. The number of benzene rings is 3. The number of rotatable bonds is 12. The number of carbonyl (C=O) groups is 3. The van der Waals surface area contributed by atoms with Gasteiger partial charge in [-0.25, -0.2) is 9.59 Å². The molecule has 0 unspecified atom stereocenters. The van der Waals surface area contributed by atoms with Crippen LogP contribution in [-0.4, -0.2) is 78.2 Å². The van der Waals surface area contributed by atoms with Gasteiger partial charge >= 0.3 is 12.2 Å². The van der Waals surface area contributed by atoms with Gasteiger partial charge in [-0.2, -0.15) is 0 Å². The Labute approximate surface area is 292 Å². The second-order valence-electron chi connectivity index (χ2n) is 13.1. The van der Waals surface area contributed by atoms with E-state index >= 15 is 0 Å². The number of amides is 3. The summed E-state index contributed by atoms with van der Waals surface area (Å²) in [5, 5.41) is 23.2. The van der Waals surface area contributed by atoms with Gasteiger partial charge in [0.05, 0.1) is 24.4 Å². The molecule has 0 saturated heterocycles. The van der Waals surface area contributed by atoms with Crippen molar-refractivity contribution in [1.82, 2.24) is 10.2 Å². The van der Waals surface area contributed by atoms with Gasteiger partial charge in [0.2, 0.25) is 0 Å². The standard InChI is InChI=1S/C37H46ClN3O8/c1-37(2,3)49-35(44)39-27-12-14-28(15-13-27)41(36(45)46)31-19-24(11-16-29(31)25-9-7-6-8-10-25)17-18-40(4)34(43)23-48-33-21-32(47-5)26(22-42)20-30(33)38/h6-11,16,19-21,27-28,42H,12-15,17-18,22-23H2,1-5H3,(H,39,44)(H,45,46). The second-order valence-corrected chi connectivity index (χ2v) is 13.5. The Hall–Kier alpha value is -4.48. The van der Waals surface area contributed by atoms with Crippen LogP contribution in [-0.2, 0) is 22.6 Å². The highest BCUT2D eigenvalue weighted by molar-refractivity contribution is 6.32. The zero-order valence-electron chi connectivity index (χ0n) is 28.7. The molecule has 1 aliphatic rings. The number of ether oxygens (including phenoxy) is 3. The summed E-state index contributed by atoms with van der Waals surface area (Å²) in [5.41, 5.74) is 3.03. The third-order valence-corrected chi connectivity index (χ3v) is 8.71. The minimum atomic E-state index is -1.05. The molecule has 0 aromatic heterocycles. The molecule has 3 N–H and O–H groups in total. The summed E-state index contributed by atoms with van der Waals surface area (Å²) in [6.45, 7) is 5.29. The minimum absolute atomic E-state index is 0.100. The zero-order valence-corrected chi connectivity index (χ0v) is 29.5. The Bertz CT molecular complexity index is 1600. The van der Waals surface area contributed by atoms with Crippen LogP contribution in [0.15, 0.2) is 60.7 Å². The van der Waals surface area contributed by atoms with Crippen molar-refractivity contribution in [3.63, 3.8) is 0 Å². The molecular formula is C37H46ClN3O8. The molecule has 264 valence electrons. The van der Waals surface area contributed by atoms with Gasteiger partial charge in [0.1, 0.15) is 17.1 Å². The van der Waals surface area contributed by atoms with Crippen LogP contribution in [0.3, 0.4) is 0 Å². The smallest absolute Gasteiger partial charge is 0.412 e. The highest BCUT2D eigenvalue weighted by Crippen LogP contribution is 2.37. The molecule has 4 rings (SSSR count). The lowest BCUT2D eigenvalue weighted by Crippen LogP contribution is -2.47. The fraction of sp³-hybridized carbons (Fsp3) is 0.432. The van der Waals surface area contributed by atoms with Crippen molar-refractivity contribution < 1.29 is 38.8 Å². The van der Waals surface area contributed by atoms with E-state index in [1.807, 2.05) is 69.3 Å². The van der Waals surface area contributed by atoms with Gasteiger partial charge in [-0.05, 0) is 76.1 Å². The Kier molecular flexibility index (Phi) is 12.8. The van der Waals surface area contributed by atoms with Crippen LogP contribution in [0.2, 0.25) is 5.02 Å². The number of nitrogens with zero attached hydrogens (tertiary/aromatic N) is 2. The van der Waals surface area contributed by atoms with Crippen molar-refractivity contribution >= 4 is 35.4 Å². The molecule has 12 heteroatoms. The largest absolute Gasteiger partial charge is 0.496 e. The number of methoxy groups -OCH3 is 1. The Morgan fingerprint density at radius 1 is 0.980 bits per heavy atom. The summed E-state index contributed by atoms with van der Waals surface area (Å²) < 4.78 is 16.4. The molecule has 3 amide bonds. The molecule has 0 heterocycles. The monoisotopic (exact) mass is 695 g/mol. The molecule has 1 saturated carbocycles. The quantitative estimate of drug-likeness (QED) is 0.186. The number of anilines is 1. The van der Waals surface area contributed by atoms with Crippen molar-refractivity contribution in [3.05, 3.63) is 76.8 Å². The van der Waals surface area contributed by atoms with E-state index in [2.05, 4.69) is 5.32 Å².